The standard InChI is InChI=1S/C14H17FN4O/c1-18(2)12-6-14(20)19(17-8-12)9-10-3-4-13(15)11(5-10)7-16/h3-6,8H,7,9,16H2,1-2H3. The van der Waals surface area contributed by atoms with Crippen LogP contribution in [0.5, 0.6) is 0 Å². The quantitative estimate of drug-likeness (QED) is 0.903. The molecule has 0 unspecified atom stereocenters. The molecule has 0 aliphatic heterocycles. The van der Waals surface area contributed by atoms with Crippen molar-refractivity contribution in [1.82, 2.24) is 9.78 Å². The number of halogens is 1. The Morgan fingerprint density at radius 3 is 2.70 bits per heavy atom. The minimum Gasteiger partial charge on any atom is -0.376 e. The van der Waals surface area contributed by atoms with E-state index in [-0.39, 0.29) is 17.9 Å². The van der Waals surface area contributed by atoms with Crippen molar-refractivity contribution in [3.05, 3.63) is 57.8 Å². The van der Waals surface area contributed by atoms with Crippen molar-refractivity contribution < 1.29 is 4.39 Å². The number of hydrogen-bond donors (Lipinski definition) is 1. The number of hydrogen-bond acceptors (Lipinski definition) is 4. The Morgan fingerprint density at radius 1 is 1.35 bits per heavy atom. The Labute approximate surface area is 116 Å². The number of anilines is 1. The van der Waals surface area contributed by atoms with Crippen molar-refractivity contribution in [3.8, 4) is 0 Å². The summed E-state index contributed by atoms with van der Waals surface area (Å²) < 4.78 is 14.7. The molecule has 0 aliphatic rings. The smallest absolute Gasteiger partial charge is 0.269 e. The van der Waals surface area contributed by atoms with Gasteiger partial charge < -0.3 is 10.6 Å². The zero-order valence-corrected chi connectivity index (χ0v) is 11.5. The first kappa shape index (κ1) is 14.2. The van der Waals surface area contributed by atoms with Crippen molar-refractivity contribution in [2.24, 2.45) is 5.73 Å². The lowest BCUT2D eigenvalue weighted by Crippen LogP contribution is -2.24. The SMILES string of the molecule is CN(C)c1cnn(Cc2ccc(F)c(CN)c2)c(=O)c1. The van der Waals surface area contributed by atoms with E-state index in [4.69, 9.17) is 5.73 Å². The summed E-state index contributed by atoms with van der Waals surface area (Å²) in [5.74, 6) is -0.334. The van der Waals surface area contributed by atoms with Crippen molar-refractivity contribution in [2.45, 2.75) is 13.1 Å². The third-order valence-electron chi connectivity index (χ3n) is 3.03. The van der Waals surface area contributed by atoms with E-state index >= 15 is 0 Å². The Kier molecular flexibility index (Phi) is 4.14. The van der Waals surface area contributed by atoms with Crippen molar-refractivity contribution >= 4 is 5.69 Å². The first-order valence-electron chi connectivity index (χ1n) is 6.23. The molecule has 2 aromatic rings. The summed E-state index contributed by atoms with van der Waals surface area (Å²) in [6.07, 6.45) is 1.62. The minimum atomic E-state index is -0.334. The lowest BCUT2D eigenvalue weighted by molar-refractivity contribution is 0.603. The summed E-state index contributed by atoms with van der Waals surface area (Å²) in [4.78, 5) is 13.8. The van der Waals surface area contributed by atoms with Gasteiger partial charge in [-0.3, -0.25) is 4.79 Å². The molecule has 106 valence electrons. The Bertz CT molecular complexity index is 666. The van der Waals surface area contributed by atoms with Crippen LogP contribution in [0.2, 0.25) is 0 Å². The predicted octanol–water partition coefficient (Wildman–Crippen LogP) is 0.955. The third kappa shape index (κ3) is 3.03. The van der Waals surface area contributed by atoms with Gasteiger partial charge in [0.05, 0.1) is 18.4 Å². The lowest BCUT2D eigenvalue weighted by Gasteiger charge is -2.12. The van der Waals surface area contributed by atoms with Crippen LogP contribution in [-0.4, -0.2) is 23.9 Å². The average Bonchev–Trinajstić information content (AvgIpc) is 2.42. The number of benzene rings is 1. The number of nitrogens with zero attached hydrogens (tertiary/aromatic N) is 3. The van der Waals surface area contributed by atoms with Gasteiger partial charge in [0.15, 0.2) is 0 Å². The fourth-order valence-electron chi connectivity index (χ4n) is 1.84. The highest BCUT2D eigenvalue weighted by molar-refractivity contribution is 5.40. The molecule has 2 rings (SSSR count). The molecule has 0 spiro atoms. The number of aromatic nitrogens is 2. The third-order valence-corrected chi connectivity index (χ3v) is 3.03. The predicted molar refractivity (Wildman–Crippen MR) is 76.2 cm³/mol. The van der Waals surface area contributed by atoms with Gasteiger partial charge in [-0.05, 0) is 17.7 Å². The largest absolute Gasteiger partial charge is 0.376 e. The summed E-state index contributed by atoms with van der Waals surface area (Å²) in [5.41, 5.74) is 7.23. The molecule has 6 heteroatoms. The van der Waals surface area contributed by atoms with Gasteiger partial charge in [-0.2, -0.15) is 5.10 Å². The second-order valence-electron chi connectivity index (χ2n) is 4.73. The first-order chi connectivity index (χ1) is 9.51. The monoisotopic (exact) mass is 276 g/mol. The molecule has 0 saturated heterocycles. The zero-order chi connectivity index (χ0) is 14.7. The average molecular weight is 276 g/mol. The van der Waals surface area contributed by atoms with E-state index in [9.17, 15) is 9.18 Å². The molecule has 0 amide bonds. The Morgan fingerprint density at radius 2 is 2.10 bits per heavy atom. The second kappa shape index (κ2) is 5.83. The maximum absolute atomic E-state index is 13.4. The van der Waals surface area contributed by atoms with Gasteiger partial charge >= 0.3 is 0 Å². The molecular weight excluding hydrogens is 259 g/mol. The molecule has 0 fully saturated rings. The molecule has 1 aromatic heterocycles. The summed E-state index contributed by atoms with van der Waals surface area (Å²) in [6, 6.07) is 6.16. The minimum absolute atomic E-state index is 0.127. The summed E-state index contributed by atoms with van der Waals surface area (Å²) >= 11 is 0. The molecule has 20 heavy (non-hydrogen) atoms. The van der Waals surface area contributed by atoms with Crippen molar-refractivity contribution in [1.29, 1.82) is 0 Å². The molecule has 1 heterocycles. The van der Waals surface area contributed by atoms with Crippen LogP contribution in [0, 0.1) is 5.82 Å². The molecule has 0 bridgehead atoms. The topological polar surface area (TPSA) is 64.2 Å². The molecule has 2 N–H and O–H groups in total. The van der Waals surface area contributed by atoms with Crippen molar-refractivity contribution in [3.63, 3.8) is 0 Å². The van der Waals surface area contributed by atoms with Gasteiger partial charge in [0.2, 0.25) is 0 Å². The normalized spacial score (nSPS) is 10.6. The molecule has 0 saturated carbocycles. The van der Waals surface area contributed by atoms with Gasteiger partial charge in [-0.25, -0.2) is 9.07 Å². The van der Waals surface area contributed by atoms with E-state index in [0.717, 1.165) is 11.3 Å². The van der Waals surface area contributed by atoms with Gasteiger partial charge in [0, 0.05) is 32.3 Å². The zero-order valence-electron chi connectivity index (χ0n) is 11.5. The van der Waals surface area contributed by atoms with E-state index in [0.29, 0.717) is 12.1 Å². The summed E-state index contributed by atoms with van der Waals surface area (Å²) in [5, 5.41) is 4.11. The van der Waals surface area contributed by atoms with Crippen LogP contribution in [0.1, 0.15) is 11.1 Å². The van der Waals surface area contributed by atoms with Crippen LogP contribution in [0.25, 0.3) is 0 Å². The number of nitrogens with two attached hydrogens (primary N) is 1. The van der Waals surface area contributed by atoms with Crippen molar-refractivity contribution in [2.75, 3.05) is 19.0 Å². The molecule has 5 nitrogen and oxygen atoms in total. The highest BCUT2D eigenvalue weighted by atomic mass is 19.1. The summed E-state index contributed by atoms with van der Waals surface area (Å²) in [6.45, 7) is 0.418. The van der Waals surface area contributed by atoms with Crippen LogP contribution in [0.3, 0.4) is 0 Å². The maximum atomic E-state index is 13.4. The van der Waals surface area contributed by atoms with Gasteiger partial charge in [0.1, 0.15) is 5.82 Å². The molecular formula is C14H17FN4O. The first-order valence-corrected chi connectivity index (χ1v) is 6.23. The fourth-order valence-corrected chi connectivity index (χ4v) is 1.84. The summed E-state index contributed by atoms with van der Waals surface area (Å²) in [7, 11) is 3.68. The van der Waals surface area contributed by atoms with E-state index in [1.54, 1.807) is 18.3 Å². The molecule has 0 atom stereocenters. The molecule has 0 radical (unpaired) electrons. The van der Waals surface area contributed by atoms with E-state index in [2.05, 4.69) is 5.10 Å². The fraction of sp³-hybridized carbons (Fsp3) is 0.286. The van der Waals surface area contributed by atoms with E-state index in [1.807, 2.05) is 19.0 Å². The second-order valence-corrected chi connectivity index (χ2v) is 4.73. The van der Waals surface area contributed by atoms with Gasteiger partial charge in [-0.15, -0.1) is 0 Å². The van der Waals surface area contributed by atoms with Crippen LogP contribution in [0.15, 0.2) is 35.3 Å². The highest BCUT2D eigenvalue weighted by Crippen LogP contribution is 2.11. The number of rotatable bonds is 4. The maximum Gasteiger partial charge on any atom is 0.269 e. The molecule has 1 aromatic carbocycles. The van der Waals surface area contributed by atoms with E-state index < -0.39 is 0 Å². The van der Waals surface area contributed by atoms with Crippen LogP contribution in [-0.2, 0) is 13.1 Å². The van der Waals surface area contributed by atoms with Gasteiger partial charge in [-0.1, -0.05) is 6.07 Å². The van der Waals surface area contributed by atoms with Gasteiger partial charge in [0.25, 0.3) is 5.56 Å². The Balaban J connectivity index is 2.28. The Hall–Kier alpha value is -2.21. The molecule has 0 aliphatic carbocycles. The van der Waals surface area contributed by atoms with Crippen LogP contribution < -0.4 is 16.2 Å². The lowest BCUT2D eigenvalue weighted by atomic mass is 10.1. The highest BCUT2D eigenvalue weighted by Gasteiger charge is 2.05. The van der Waals surface area contributed by atoms with Crippen LogP contribution >= 0.6 is 0 Å². The van der Waals surface area contributed by atoms with Crippen LogP contribution in [0.4, 0.5) is 10.1 Å². The van der Waals surface area contributed by atoms with E-state index in [1.165, 1.54) is 16.8 Å².